The highest BCUT2D eigenvalue weighted by atomic mass is 16.5. The number of hydrogen-bond donors (Lipinski definition) is 2. The third-order valence-electron chi connectivity index (χ3n) is 3.21. The first-order valence-electron chi connectivity index (χ1n) is 6.29. The van der Waals surface area contributed by atoms with Gasteiger partial charge in [-0.05, 0) is 24.5 Å². The fourth-order valence-corrected chi connectivity index (χ4v) is 2.18. The molecule has 0 aliphatic carbocycles. The van der Waals surface area contributed by atoms with E-state index in [1.165, 1.54) is 12.5 Å². The van der Waals surface area contributed by atoms with Crippen molar-refractivity contribution in [3.05, 3.63) is 35.4 Å². The van der Waals surface area contributed by atoms with Crippen LogP contribution in [0.15, 0.2) is 24.3 Å². The molecular weight excluding hydrogens is 246 g/mol. The SMILES string of the molecule is CC(NC(=O)CC1OCCc2ccccc21)C(=O)O. The van der Waals surface area contributed by atoms with Crippen molar-refractivity contribution in [1.82, 2.24) is 5.32 Å². The lowest BCUT2D eigenvalue weighted by molar-refractivity contribution is -0.141. The lowest BCUT2D eigenvalue weighted by Gasteiger charge is -2.25. The second-order valence-electron chi connectivity index (χ2n) is 4.64. The Morgan fingerprint density at radius 2 is 2.21 bits per heavy atom. The number of carboxylic acids is 1. The van der Waals surface area contributed by atoms with E-state index in [2.05, 4.69) is 5.32 Å². The third kappa shape index (κ3) is 3.32. The van der Waals surface area contributed by atoms with Crippen molar-refractivity contribution in [2.45, 2.75) is 31.9 Å². The summed E-state index contributed by atoms with van der Waals surface area (Å²) in [4.78, 5) is 22.5. The Labute approximate surface area is 111 Å². The van der Waals surface area contributed by atoms with Crippen LogP contribution in [0.3, 0.4) is 0 Å². The normalized spacial score (nSPS) is 19.3. The van der Waals surface area contributed by atoms with Crippen LogP contribution in [0.25, 0.3) is 0 Å². The molecule has 1 aliphatic heterocycles. The van der Waals surface area contributed by atoms with Gasteiger partial charge in [-0.25, -0.2) is 0 Å². The van der Waals surface area contributed by atoms with Crippen molar-refractivity contribution in [3.8, 4) is 0 Å². The molecular formula is C14H17NO4. The molecule has 1 aromatic carbocycles. The number of benzene rings is 1. The number of hydrogen-bond acceptors (Lipinski definition) is 3. The van der Waals surface area contributed by atoms with Crippen LogP contribution in [0.1, 0.15) is 30.6 Å². The van der Waals surface area contributed by atoms with Crippen LogP contribution >= 0.6 is 0 Å². The summed E-state index contributed by atoms with van der Waals surface area (Å²) in [5.41, 5.74) is 2.21. The van der Waals surface area contributed by atoms with E-state index in [1.807, 2.05) is 24.3 Å². The van der Waals surface area contributed by atoms with Crippen molar-refractivity contribution in [2.75, 3.05) is 6.61 Å². The van der Waals surface area contributed by atoms with Gasteiger partial charge in [0.1, 0.15) is 6.04 Å². The minimum absolute atomic E-state index is 0.147. The van der Waals surface area contributed by atoms with E-state index in [1.54, 1.807) is 0 Å². The average molecular weight is 263 g/mol. The van der Waals surface area contributed by atoms with E-state index in [-0.39, 0.29) is 18.4 Å². The van der Waals surface area contributed by atoms with Crippen LogP contribution in [0.4, 0.5) is 0 Å². The van der Waals surface area contributed by atoms with E-state index in [9.17, 15) is 9.59 Å². The molecule has 0 saturated carbocycles. The van der Waals surface area contributed by atoms with Gasteiger partial charge in [-0.1, -0.05) is 24.3 Å². The van der Waals surface area contributed by atoms with Crippen molar-refractivity contribution < 1.29 is 19.4 Å². The highest BCUT2D eigenvalue weighted by Gasteiger charge is 2.24. The molecule has 2 unspecified atom stereocenters. The van der Waals surface area contributed by atoms with Gasteiger partial charge in [0.15, 0.2) is 0 Å². The topological polar surface area (TPSA) is 75.6 Å². The summed E-state index contributed by atoms with van der Waals surface area (Å²) >= 11 is 0. The zero-order valence-corrected chi connectivity index (χ0v) is 10.8. The van der Waals surface area contributed by atoms with Crippen LogP contribution in [0, 0.1) is 0 Å². The monoisotopic (exact) mass is 263 g/mol. The van der Waals surface area contributed by atoms with E-state index in [0.717, 1.165) is 12.0 Å². The second-order valence-corrected chi connectivity index (χ2v) is 4.64. The Morgan fingerprint density at radius 1 is 1.47 bits per heavy atom. The lowest BCUT2D eigenvalue weighted by atomic mass is 9.95. The van der Waals surface area contributed by atoms with Gasteiger partial charge < -0.3 is 15.2 Å². The molecule has 2 atom stereocenters. The number of ether oxygens (including phenoxy) is 1. The molecule has 2 N–H and O–H groups in total. The summed E-state index contributed by atoms with van der Waals surface area (Å²) in [5.74, 6) is -1.35. The zero-order chi connectivity index (χ0) is 13.8. The average Bonchev–Trinajstić information content (AvgIpc) is 2.39. The molecule has 1 amide bonds. The predicted octanol–water partition coefficient (Wildman–Crippen LogP) is 1.28. The Kier molecular flexibility index (Phi) is 4.16. The quantitative estimate of drug-likeness (QED) is 0.858. The molecule has 0 bridgehead atoms. The van der Waals surface area contributed by atoms with Crippen LogP contribution in [-0.2, 0) is 20.7 Å². The molecule has 1 aromatic rings. The van der Waals surface area contributed by atoms with Crippen molar-refractivity contribution in [1.29, 1.82) is 0 Å². The van der Waals surface area contributed by atoms with Crippen molar-refractivity contribution in [3.63, 3.8) is 0 Å². The van der Waals surface area contributed by atoms with Crippen LogP contribution in [0.2, 0.25) is 0 Å². The first-order valence-corrected chi connectivity index (χ1v) is 6.29. The second kappa shape index (κ2) is 5.84. The number of amides is 1. The van der Waals surface area contributed by atoms with Crippen LogP contribution in [0.5, 0.6) is 0 Å². The lowest BCUT2D eigenvalue weighted by Crippen LogP contribution is -2.39. The maximum absolute atomic E-state index is 11.8. The van der Waals surface area contributed by atoms with E-state index < -0.39 is 12.0 Å². The molecule has 19 heavy (non-hydrogen) atoms. The highest BCUT2D eigenvalue weighted by molar-refractivity contribution is 5.83. The standard InChI is InChI=1S/C14H17NO4/c1-9(14(17)18)15-13(16)8-12-11-5-3-2-4-10(11)6-7-19-12/h2-5,9,12H,6-8H2,1H3,(H,15,16)(H,17,18). The van der Waals surface area contributed by atoms with Gasteiger partial charge >= 0.3 is 5.97 Å². The Balaban J connectivity index is 2.01. The molecule has 102 valence electrons. The molecule has 1 heterocycles. The molecule has 0 spiro atoms. The van der Waals surface area contributed by atoms with E-state index in [0.29, 0.717) is 6.61 Å². The third-order valence-corrected chi connectivity index (χ3v) is 3.21. The number of fused-ring (bicyclic) bond motifs is 1. The van der Waals surface area contributed by atoms with Gasteiger partial charge in [0.05, 0.1) is 19.1 Å². The molecule has 2 rings (SSSR count). The smallest absolute Gasteiger partial charge is 0.325 e. The maximum atomic E-state index is 11.8. The van der Waals surface area contributed by atoms with Gasteiger partial charge in [0.25, 0.3) is 0 Å². The fraction of sp³-hybridized carbons (Fsp3) is 0.429. The van der Waals surface area contributed by atoms with Crippen molar-refractivity contribution in [2.24, 2.45) is 0 Å². The van der Waals surface area contributed by atoms with Crippen molar-refractivity contribution >= 4 is 11.9 Å². The summed E-state index contributed by atoms with van der Waals surface area (Å²) in [6.07, 6.45) is 0.708. The highest BCUT2D eigenvalue weighted by Crippen LogP contribution is 2.29. The van der Waals surface area contributed by atoms with Gasteiger partial charge in [-0.15, -0.1) is 0 Å². The molecule has 0 aromatic heterocycles. The first-order chi connectivity index (χ1) is 9.08. The number of aliphatic carboxylic acids is 1. The number of carbonyl (C=O) groups is 2. The van der Waals surface area contributed by atoms with Gasteiger partial charge in [-0.3, -0.25) is 9.59 Å². The molecule has 1 aliphatic rings. The summed E-state index contributed by atoms with van der Waals surface area (Å²) < 4.78 is 5.61. The minimum Gasteiger partial charge on any atom is -0.480 e. The fourth-order valence-electron chi connectivity index (χ4n) is 2.18. The Hall–Kier alpha value is -1.88. The number of carboxylic acid groups (broad SMARTS) is 1. The summed E-state index contributed by atoms with van der Waals surface area (Å²) in [6, 6.07) is 6.98. The number of carbonyl (C=O) groups excluding carboxylic acids is 1. The first kappa shape index (κ1) is 13.5. The molecule has 0 saturated heterocycles. The van der Waals surface area contributed by atoms with E-state index in [4.69, 9.17) is 9.84 Å². The zero-order valence-electron chi connectivity index (χ0n) is 10.8. The summed E-state index contributed by atoms with van der Waals surface area (Å²) in [5, 5.41) is 11.2. The number of nitrogens with one attached hydrogen (secondary N) is 1. The molecule has 5 nitrogen and oxygen atoms in total. The maximum Gasteiger partial charge on any atom is 0.325 e. The Bertz CT molecular complexity index is 486. The minimum atomic E-state index is -1.04. The largest absolute Gasteiger partial charge is 0.480 e. The van der Waals surface area contributed by atoms with Crippen LogP contribution in [-0.4, -0.2) is 29.6 Å². The number of rotatable bonds is 4. The predicted molar refractivity (Wildman–Crippen MR) is 68.7 cm³/mol. The summed E-state index contributed by atoms with van der Waals surface area (Å²) in [6.45, 7) is 2.03. The molecule has 0 radical (unpaired) electrons. The molecule has 0 fully saturated rings. The van der Waals surface area contributed by atoms with Crippen LogP contribution < -0.4 is 5.32 Å². The van der Waals surface area contributed by atoms with E-state index >= 15 is 0 Å². The van der Waals surface area contributed by atoms with Gasteiger partial charge in [-0.2, -0.15) is 0 Å². The van der Waals surface area contributed by atoms with Gasteiger partial charge in [0, 0.05) is 0 Å². The Morgan fingerprint density at radius 3 is 2.95 bits per heavy atom. The van der Waals surface area contributed by atoms with Gasteiger partial charge in [0.2, 0.25) is 5.91 Å². The summed E-state index contributed by atoms with van der Waals surface area (Å²) in [7, 11) is 0. The molecule has 5 heteroatoms.